The Balaban J connectivity index is 1.60. The molecule has 2 saturated heterocycles. The number of ether oxygens (including phenoxy) is 1. The molecule has 1 aliphatic carbocycles. The molecule has 0 aromatic rings. The zero-order valence-corrected chi connectivity index (χ0v) is 12.7. The molecule has 3 rings (SSSR count). The quantitative estimate of drug-likeness (QED) is 0.826. The molecule has 0 spiro atoms. The lowest BCUT2D eigenvalue weighted by molar-refractivity contribution is -0.00601. The predicted molar refractivity (Wildman–Crippen MR) is 78.3 cm³/mol. The lowest BCUT2D eigenvalue weighted by Crippen LogP contribution is -2.48. The minimum Gasteiger partial charge on any atom is -0.381 e. The van der Waals surface area contributed by atoms with Gasteiger partial charge in [0.2, 0.25) is 0 Å². The molecule has 3 aliphatic rings. The molecule has 0 aromatic carbocycles. The van der Waals surface area contributed by atoms with Gasteiger partial charge in [-0.05, 0) is 50.4 Å². The van der Waals surface area contributed by atoms with E-state index in [9.17, 15) is 0 Å². The van der Waals surface area contributed by atoms with Crippen molar-refractivity contribution in [2.24, 2.45) is 11.3 Å². The van der Waals surface area contributed by atoms with Crippen LogP contribution in [-0.2, 0) is 4.74 Å². The Morgan fingerprint density at radius 3 is 2.53 bits per heavy atom. The highest BCUT2D eigenvalue weighted by atomic mass is 16.5. The van der Waals surface area contributed by atoms with Crippen molar-refractivity contribution in [3.63, 3.8) is 0 Å². The van der Waals surface area contributed by atoms with Crippen LogP contribution in [0.5, 0.6) is 0 Å². The second kappa shape index (κ2) is 5.71. The van der Waals surface area contributed by atoms with Crippen LogP contribution in [0.2, 0.25) is 0 Å². The predicted octanol–water partition coefficient (Wildman–Crippen LogP) is 2.27. The Morgan fingerprint density at radius 2 is 1.95 bits per heavy atom. The van der Waals surface area contributed by atoms with Crippen molar-refractivity contribution in [1.29, 1.82) is 0 Å². The third-order valence-electron chi connectivity index (χ3n) is 5.35. The minimum atomic E-state index is 0.471. The molecule has 0 amide bonds. The topological polar surface area (TPSA) is 24.5 Å². The molecule has 0 bridgehead atoms. The average molecular weight is 266 g/mol. The summed E-state index contributed by atoms with van der Waals surface area (Å²) in [6, 6.07) is 1.60. The smallest absolute Gasteiger partial charge is 0.0472 e. The number of rotatable bonds is 5. The maximum absolute atomic E-state index is 5.61. The Morgan fingerprint density at radius 1 is 1.21 bits per heavy atom. The Kier molecular flexibility index (Phi) is 4.16. The third kappa shape index (κ3) is 3.50. The molecule has 1 N–H and O–H groups in total. The lowest BCUT2D eigenvalue weighted by atomic mass is 9.79. The normalized spacial score (nSPS) is 35.7. The van der Waals surface area contributed by atoms with E-state index in [1.165, 1.54) is 51.7 Å². The van der Waals surface area contributed by atoms with E-state index in [4.69, 9.17) is 4.74 Å². The lowest BCUT2D eigenvalue weighted by Gasteiger charge is -2.41. The maximum Gasteiger partial charge on any atom is 0.0472 e. The fourth-order valence-corrected chi connectivity index (χ4v) is 3.88. The van der Waals surface area contributed by atoms with Crippen molar-refractivity contribution in [1.82, 2.24) is 10.2 Å². The van der Waals surface area contributed by atoms with E-state index in [0.29, 0.717) is 5.41 Å². The maximum atomic E-state index is 5.61. The number of nitrogens with one attached hydrogen (secondary N) is 1. The van der Waals surface area contributed by atoms with Crippen LogP contribution in [0.4, 0.5) is 0 Å². The van der Waals surface area contributed by atoms with Gasteiger partial charge < -0.3 is 10.1 Å². The summed E-state index contributed by atoms with van der Waals surface area (Å²) in [5, 5.41) is 3.78. The third-order valence-corrected chi connectivity index (χ3v) is 5.35. The number of hydrogen-bond donors (Lipinski definition) is 1. The average Bonchev–Trinajstić information content (AvgIpc) is 3.16. The first-order valence-corrected chi connectivity index (χ1v) is 8.22. The monoisotopic (exact) mass is 266 g/mol. The van der Waals surface area contributed by atoms with E-state index in [2.05, 4.69) is 24.1 Å². The highest BCUT2D eigenvalue weighted by Gasteiger charge is 2.38. The van der Waals surface area contributed by atoms with E-state index in [-0.39, 0.29) is 0 Å². The van der Waals surface area contributed by atoms with Crippen LogP contribution in [0.1, 0.15) is 46.0 Å². The van der Waals surface area contributed by atoms with E-state index in [0.717, 1.165) is 31.2 Å². The number of likely N-dealkylation sites (tertiary alicyclic amines) is 1. The van der Waals surface area contributed by atoms with Crippen molar-refractivity contribution in [2.45, 2.75) is 58.0 Å². The van der Waals surface area contributed by atoms with E-state index >= 15 is 0 Å². The van der Waals surface area contributed by atoms with Crippen LogP contribution in [0.15, 0.2) is 0 Å². The fourth-order valence-electron chi connectivity index (χ4n) is 3.88. The summed E-state index contributed by atoms with van der Waals surface area (Å²) in [4.78, 5) is 2.74. The minimum absolute atomic E-state index is 0.471. The van der Waals surface area contributed by atoms with Gasteiger partial charge in [-0.2, -0.15) is 0 Å². The molecule has 2 unspecified atom stereocenters. The van der Waals surface area contributed by atoms with E-state index in [1.807, 2.05) is 0 Å². The first-order valence-electron chi connectivity index (χ1n) is 8.22. The summed E-state index contributed by atoms with van der Waals surface area (Å²) in [6.45, 7) is 10.5. The van der Waals surface area contributed by atoms with E-state index in [1.54, 1.807) is 0 Å². The summed E-state index contributed by atoms with van der Waals surface area (Å²) in [7, 11) is 0. The van der Waals surface area contributed by atoms with Crippen LogP contribution >= 0.6 is 0 Å². The molecule has 3 nitrogen and oxygen atoms in total. The standard InChI is InChI=1S/C16H30N2O/c1-13-9-14(2)18(10-13)12-16(5-7-19-8-6-16)11-17-15-3-4-15/h13-15,17H,3-12H2,1-2H3. The highest BCUT2D eigenvalue weighted by molar-refractivity contribution is 4.93. The first-order chi connectivity index (χ1) is 9.17. The van der Waals surface area contributed by atoms with Crippen LogP contribution in [0.25, 0.3) is 0 Å². The molecule has 110 valence electrons. The Bertz CT molecular complexity index is 297. The van der Waals surface area contributed by atoms with Crippen LogP contribution in [-0.4, -0.2) is 49.8 Å². The van der Waals surface area contributed by atoms with Crippen molar-refractivity contribution in [3.05, 3.63) is 0 Å². The fraction of sp³-hybridized carbons (Fsp3) is 1.00. The molecule has 2 heterocycles. The van der Waals surface area contributed by atoms with Gasteiger partial charge in [0.15, 0.2) is 0 Å². The van der Waals surface area contributed by atoms with Crippen LogP contribution in [0.3, 0.4) is 0 Å². The van der Waals surface area contributed by atoms with Gasteiger partial charge in [-0.25, -0.2) is 0 Å². The molecule has 0 radical (unpaired) electrons. The molecular weight excluding hydrogens is 236 g/mol. The van der Waals surface area contributed by atoms with Crippen molar-refractivity contribution < 1.29 is 4.74 Å². The first kappa shape index (κ1) is 13.8. The molecule has 19 heavy (non-hydrogen) atoms. The molecular formula is C16H30N2O. The van der Waals surface area contributed by atoms with Crippen LogP contribution in [0, 0.1) is 11.3 Å². The Labute approximate surface area is 118 Å². The zero-order valence-electron chi connectivity index (χ0n) is 12.7. The van der Waals surface area contributed by atoms with Gasteiger partial charge in [0.25, 0.3) is 0 Å². The van der Waals surface area contributed by atoms with Gasteiger partial charge in [0.1, 0.15) is 0 Å². The number of nitrogens with zero attached hydrogens (tertiary/aromatic N) is 1. The molecule has 1 saturated carbocycles. The van der Waals surface area contributed by atoms with Gasteiger partial charge in [-0.15, -0.1) is 0 Å². The van der Waals surface area contributed by atoms with E-state index < -0.39 is 0 Å². The second-order valence-corrected chi connectivity index (χ2v) is 7.39. The molecule has 2 atom stereocenters. The summed E-state index contributed by atoms with van der Waals surface area (Å²) >= 11 is 0. The largest absolute Gasteiger partial charge is 0.381 e. The van der Waals surface area contributed by atoms with Gasteiger partial charge in [-0.1, -0.05) is 6.92 Å². The molecule has 3 fully saturated rings. The molecule has 0 aromatic heterocycles. The second-order valence-electron chi connectivity index (χ2n) is 7.39. The summed E-state index contributed by atoms with van der Waals surface area (Å²) < 4.78 is 5.61. The van der Waals surface area contributed by atoms with Crippen molar-refractivity contribution >= 4 is 0 Å². The van der Waals surface area contributed by atoms with Gasteiger partial charge in [0, 0.05) is 44.9 Å². The van der Waals surface area contributed by atoms with Crippen molar-refractivity contribution in [2.75, 3.05) is 32.8 Å². The zero-order chi connectivity index (χ0) is 13.3. The summed E-state index contributed by atoms with van der Waals surface area (Å²) in [5.74, 6) is 0.878. The molecule has 2 aliphatic heterocycles. The summed E-state index contributed by atoms with van der Waals surface area (Å²) in [6.07, 6.45) is 6.64. The SMILES string of the molecule is CC1CC(C)N(CC2(CNC3CC3)CCOCC2)C1. The molecule has 3 heteroatoms. The number of hydrogen-bond acceptors (Lipinski definition) is 3. The van der Waals surface area contributed by atoms with Gasteiger partial charge in [-0.3, -0.25) is 4.90 Å². The van der Waals surface area contributed by atoms with Crippen molar-refractivity contribution in [3.8, 4) is 0 Å². The highest BCUT2D eigenvalue weighted by Crippen LogP contribution is 2.35. The van der Waals surface area contributed by atoms with Gasteiger partial charge in [0.05, 0.1) is 0 Å². The van der Waals surface area contributed by atoms with Gasteiger partial charge >= 0.3 is 0 Å². The van der Waals surface area contributed by atoms with Crippen LogP contribution < -0.4 is 5.32 Å². The Hall–Kier alpha value is -0.120. The summed E-state index contributed by atoms with van der Waals surface area (Å²) in [5.41, 5.74) is 0.471.